The maximum atomic E-state index is 11.7. The number of hydrogen-bond acceptors (Lipinski definition) is 6. The molecular weight excluding hydrogens is 511 g/mol. The summed E-state index contributed by atoms with van der Waals surface area (Å²) in [6.45, 7) is 0.435. The molecule has 3 rings (SSSR count). The molecule has 1 aliphatic rings. The smallest absolute Gasteiger partial charge is 0.337 e. The number of carbonyl (C=O) groups is 1. The van der Waals surface area contributed by atoms with Crippen LogP contribution in [-0.2, 0) is 9.47 Å². The van der Waals surface area contributed by atoms with Gasteiger partial charge in [0.1, 0.15) is 17.6 Å². The standard InChI is InChI=1S/C21H22ClIO6/c1-26-21(25)13-5-8-18(17(23)10-13)29-19(12-24)15-7-6-14(11-16(15)22)28-20-4-2-3-9-27-20/h5-8,10-11,19-20,24H,2-4,9,12H2,1H3. The van der Waals surface area contributed by atoms with Gasteiger partial charge in [0.15, 0.2) is 6.29 Å². The zero-order valence-corrected chi connectivity index (χ0v) is 18.8. The van der Waals surface area contributed by atoms with Gasteiger partial charge in [0, 0.05) is 12.0 Å². The van der Waals surface area contributed by atoms with Crippen molar-refractivity contribution in [3.8, 4) is 11.5 Å². The number of esters is 1. The highest BCUT2D eigenvalue weighted by atomic mass is 127. The number of hydrogen-bond donors (Lipinski definition) is 1. The van der Waals surface area contributed by atoms with Crippen molar-refractivity contribution in [3.63, 3.8) is 0 Å². The van der Waals surface area contributed by atoms with Gasteiger partial charge < -0.3 is 24.1 Å². The molecule has 0 aliphatic carbocycles. The van der Waals surface area contributed by atoms with E-state index in [1.165, 1.54) is 7.11 Å². The summed E-state index contributed by atoms with van der Waals surface area (Å²) < 4.78 is 22.8. The van der Waals surface area contributed by atoms with Gasteiger partial charge >= 0.3 is 5.97 Å². The second kappa shape index (κ2) is 10.5. The minimum atomic E-state index is -0.667. The topological polar surface area (TPSA) is 74.2 Å². The Kier molecular flexibility index (Phi) is 7.99. The molecule has 156 valence electrons. The van der Waals surface area contributed by atoms with Gasteiger partial charge in [0.25, 0.3) is 0 Å². The van der Waals surface area contributed by atoms with Crippen LogP contribution < -0.4 is 9.47 Å². The van der Waals surface area contributed by atoms with Gasteiger partial charge in [-0.05, 0) is 65.8 Å². The van der Waals surface area contributed by atoms with E-state index in [0.717, 1.165) is 22.8 Å². The fourth-order valence-corrected chi connectivity index (χ4v) is 3.93. The van der Waals surface area contributed by atoms with E-state index in [1.807, 2.05) is 0 Å². The van der Waals surface area contributed by atoms with Crippen LogP contribution in [0.1, 0.15) is 41.3 Å². The quantitative estimate of drug-likeness (QED) is 0.410. The molecule has 29 heavy (non-hydrogen) atoms. The van der Waals surface area contributed by atoms with Crippen molar-refractivity contribution in [2.24, 2.45) is 0 Å². The van der Waals surface area contributed by atoms with Crippen molar-refractivity contribution in [1.29, 1.82) is 0 Å². The van der Waals surface area contributed by atoms with Gasteiger partial charge in [-0.3, -0.25) is 0 Å². The van der Waals surface area contributed by atoms with Gasteiger partial charge in [-0.15, -0.1) is 0 Å². The molecule has 0 amide bonds. The van der Waals surface area contributed by atoms with E-state index in [9.17, 15) is 9.90 Å². The Morgan fingerprint density at radius 1 is 1.31 bits per heavy atom. The molecule has 0 aromatic heterocycles. The first-order chi connectivity index (χ1) is 14.0. The lowest BCUT2D eigenvalue weighted by molar-refractivity contribution is -0.105. The Balaban J connectivity index is 1.73. The van der Waals surface area contributed by atoms with Crippen LogP contribution in [0.2, 0.25) is 5.02 Å². The van der Waals surface area contributed by atoms with Crippen molar-refractivity contribution >= 4 is 40.2 Å². The molecule has 1 N–H and O–H groups in total. The van der Waals surface area contributed by atoms with Crippen LogP contribution in [0.15, 0.2) is 36.4 Å². The van der Waals surface area contributed by atoms with Crippen molar-refractivity contribution in [3.05, 3.63) is 56.1 Å². The summed E-state index contributed by atoms with van der Waals surface area (Å²) in [7, 11) is 1.33. The van der Waals surface area contributed by atoms with Crippen molar-refractivity contribution in [2.45, 2.75) is 31.7 Å². The van der Waals surface area contributed by atoms with Gasteiger partial charge in [-0.1, -0.05) is 17.7 Å². The van der Waals surface area contributed by atoms with Gasteiger partial charge in [-0.25, -0.2) is 4.79 Å². The molecule has 1 saturated heterocycles. The van der Waals surface area contributed by atoms with Gasteiger partial charge in [0.2, 0.25) is 0 Å². The molecule has 2 unspecified atom stereocenters. The second-order valence-electron chi connectivity index (χ2n) is 6.52. The lowest BCUT2D eigenvalue weighted by atomic mass is 10.1. The van der Waals surface area contributed by atoms with E-state index in [0.29, 0.717) is 34.3 Å². The predicted molar refractivity (Wildman–Crippen MR) is 117 cm³/mol. The normalized spacial score (nSPS) is 17.4. The number of aliphatic hydroxyl groups is 1. The Morgan fingerprint density at radius 3 is 2.76 bits per heavy atom. The highest BCUT2D eigenvalue weighted by Crippen LogP contribution is 2.33. The molecular formula is C21H22ClIO6. The monoisotopic (exact) mass is 532 g/mol. The van der Waals surface area contributed by atoms with E-state index in [-0.39, 0.29) is 12.9 Å². The first kappa shape index (κ1) is 22.1. The average Bonchev–Trinajstić information content (AvgIpc) is 2.73. The fraction of sp³-hybridized carbons (Fsp3) is 0.381. The van der Waals surface area contributed by atoms with Crippen LogP contribution >= 0.6 is 34.2 Å². The van der Waals surface area contributed by atoms with E-state index in [1.54, 1.807) is 36.4 Å². The van der Waals surface area contributed by atoms with E-state index >= 15 is 0 Å². The zero-order chi connectivity index (χ0) is 20.8. The third-order valence-corrected chi connectivity index (χ3v) is 5.68. The minimum Gasteiger partial charge on any atom is -0.482 e. The number of carbonyl (C=O) groups excluding carboxylic acids is 1. The number of methoxy groups -OCH3 is 1. The second-order valence-corrected chi connectivity index (χ2v) is 8.09. The lowest BCUT2D eigenvalue weighted by Crippen LogP contribution is -2.25. The maximum absolute atomic E-state index is 11.7. The first-order valence-electron chi connectivity index (χ1n) is 9.25. The van der Waals surface area contributed by atoms with E-state index < -0.39 is 12.1 Å². The minimum absolute atomic E-state index is 0.259. The number of halogens is 2. The Morgan fingerprint density at radius 2 is 2.14 bits per heavy atom. The van der Waals surface area contributed by atoms with Gasteiger partial charge in [0.05, 0.1) is 34.5 Å². The van der Waals surface area contributed by atoms with Crippen molar-refractivity contribution in [2.75, 3.05) is 20.3 Å². The highest BCUT2D eigenvalue weighted by molar-refractivity contribution is 14.1. The maximum Gasteiger partial charge on any atom is 0.337 e. The third kappa shape index (κ3) is 5.75. The largest absolute Gasteiger partial charge is 0.482 e. The summed E-state index contributed by atoms with van der Waals surface area (Å²) >= 11 is 8.51. The predicted octanol–water partition coefficient (Wildman–Crippen LogP) is 4.75. The highest BCUT2D eigenvalue weighted by Gasteiger charge is 2.20. The van der Waals surface area contributed by atoms with Crippen LogP contribution in [-0.4, -0.2) is 37.7 Å². The SMILES string of the molecule is COC(=O)c1ccc(OC(CO)c2ccc(OC3CCCCO3)cc2Cl)c(I)c1. The molecule has 6 nitrogen and oxygen atoms in total. The number of benzene rings is 2. The summed E-state index contributed by atoms with van der Waals surface area (Å²) in [5.74, 6) is 0.720. The molecule has 2 aromatic rings. The van der Waals surface area contributed by atoms with E-state index in [2.05, 4.69) is 22.6 Å². The summed E-state index contributed by atoms with van der Waals surface area (Å²) in [5, 5.41) is 10.3. The lowest BCUT2D eigenvalue weighted by Gasteiger charge is -2.24. The van der Waals surface area contributed by atoms with Crippen LogP contribution in [0, 0.1) is 3.57 Å². The molecule has 0 saturated carbocycles. The van der Waals surface area contributed by atoms with Crippen molar-refractivity contribution in [1.82, 2.24) is 0 Å². The third-order valence-electron chi connectivity index (χ3n) is 4.51. The molecule has 2 atom stereocenters. The van der Waals surface area contributed by atoms with Gasteiger partial charge in [-0.2, -0.15) is 0 Å². The van der Waals surface area contributed by atoms with Crippen molar-refractivity contribution < 1.29 is 28.8 Å². The average molecular weight is 533 g/mol. The molecule has 0 bridgehead atoms. The fourth-order valence-electron chi connectivity index (χ4n) is 2.99. The molecule has 0 radical (unpaired) electrons. The number of rotatable bonds is 7. The molecule has 0 spiro atoms. The van der Waals surface area contributed by atoms with Crippen LogP contribution in [0.25, 0.3) is 0 Å². The number of ether oxygens (including phenoxy) is 4. The molecule has 2 aromatic carbocycles. The first-order valence-corrected chi connectivity index (χ1v) is 10.7. The zero-order valence-electron chi connectivity index (χ0n) is 15.9. The Labute approximate surface area is 188 Å². The number of aliphatic hydroxyl groups excluding tert-OH is 1. The molecule has 1 aliphatic heterocycles. The van der Waals surface area contributed by atoms with Crippen LogP contribution in [0.4, 0.5) is 0 Å². The van der Waals surface area contributed by atoms with E-state index in [4.69, 9.17) is 30.5 Å². The van der Waals surface area contributed by atoms with Crippen LogP contribution in [0.3, 0.4) is 0 Å². The summed E-state index contributed by atoms with van der Waals surface area (Å²) in [6.07, 6.45) is 2.05. The Bertz CT molecular complexity index is 853. The Hall–Kier alpha value is -1.55. The summed E-state index contributed by atoms with van der Waals surface area (Å²) in [4.78, 5) is 11.7. The summed E-state index contributed by atoms with van der Waals surface area (Å²) in [6, 6.07) is 10.2. The summed E-state index contributed by atoms with van der Waals surface area (Å²) in [5.41, 5.74) is 1.06. The molecule has 1 fully saturated rings. The molecule has 1 heterocycles. The van der Waals surface area contributed by atoms with Crippen LogP contribution in [0.5, 0.6) is 11.5 Å². The molecule has 8 heteroatoms.